The Hall–Kier alpha value is -0.730. The molecule has 0 spiro atoms. The molecule has 29 heavy (non-hydrogen) atoms. The summed E-state index contributed by atoms with van der Waals surface area (Å²) in [5.41, 5.74) is 0. The van der Waals surface area contributed by atoms with Gasteiger partial charge in [-0.2, -0.15) is 0 Å². The molecule has 0 bridgehead atoms. The third-order valence-electron chi connectivity index (χ3n) is 4.41. The molecular formula is C21H42O6P2. The van der Waals surface area contributed by atoms with E-state index in [4.69, 9.17) is 15.3 Å². The first-order chi connectivity index (χ1) is 13.8. The summed E-state index contributed by atoms with van der Waals surface area (Å²) in [5, 5.41) is 25.5. The van der Waals surface area contributed by atoms with Crippen molar-refractivity contribution in [1.82, 2.24) is 0 Å². The van der Waals surface area contributed by atoms with Gasteiger partial charge >= 0.3 is 17.9 Å². The molecule has 6 nitrogen and oxygen atoms in total. The van der Waals surface area contributed by atoms with Gasteiger partial charge in [0.25, 0.3) is 0 Å². The van der Waals surface area contributed by atoms with E-state index in [1.165, 1.54) is 38.5 Å². The average Bonchev–Trinajstić information content (AvgIpc) is 2.66. The van der Waals surface area contributed by atoms with Crippen LogP contribution in [0.25, 0.3) is 0 Å². The standard InChI is InChI=1S/C12H27P.C9H15O6P/c1-4-7-10-13(11-8-5-2)12-9-6-3;10-7(11)1-4-16(5-2-8(12)13)6-3-9(14)15/h4-12H2,1-3H3;1-6H2,(H,10,11)(H,12,13)(H,14,15). The number of carbonyl (C=O) groups is 3. The first-order valence-electron chi connectivity index (χ1n) is 10.9. The van der Waals surface area contributed by atoms with Crippen LogP contribution in [0.3, 0.4) is 0 Å². The molecule has 172 valence electrons. The van der Waals surface area contributed by atoms with Crippen molar-refractivity contribution in [1.29, 1.82) is 0 Å². The molecule has 0 aromatic heterocycles. The normalized spacial score (nSPS) is 10.7. The fourth-order valence-electron chi connectivity index (χ4n) is 2.58. The molecule has 0 aliphatic carbocycles. The zero-order chi connectivity index (χ0) is 22.5. The lowest BCUT2D eigenvalue weighted by Gasteiger charge is -2.16. The molecule has 0 saturated heterocycles. The van der Waals surface area contributed by atoms with E-state index in [0.29, 0.717) is 26.4 Å². The molecule has 8 heteroatoms. The number of hydrogen-bond donors (Lipinski definition) is 3. The van der Waals surface area contributed by atoms with Crippen LogP contribution in [0.2, 0.25) is 0 Å². The minimum atomic E-state index is -0.932. The predicted molar refractivity (Wildman–Crippen MR) is 125 cm³/mol. The van der Waals surface area contributed by atoms with E-state index in [-0.39, 0.29) is 19.3 Å². The lowest BCUT2D eigenvalue weighted by molar-refractivity contribution is -0.137. The van der Waals surface area contributed by atoms with Crippen molar-refractivity contribution in [2.24, 2.45) is 0 Å². The highest BCUT2D eigenvalue weighted by atomic mass is 31.1. The number of rotatable bonds is 18. The van der Waals surface area contributed by atoms with Crippen LogP contribution >= 0.6 is 15.8 Å². The molecule has 0 fully saturated rings. The Morgan fingerprint density at radius 1 is 0.517 bits per heavy atom. The van der Waals surface area contributed by atoms with Crippen LogP contribution in [0.4, 0.5) is 0 Å². The number of hydrogen-bond acceptors (Lipinski definition) is 3. The maximum absolute atomic E-state index is 10.4. The first-order valence-corrected chi connectivity index (χ1v) is 14.7. The minimum absolute atomic E-state index is 0.0229. The molecule has 0 atom stereocenters. The number of carboxylic acids is 3. The molecule has 0 aromatic rings. The monoisotopic (exact) mass is 452 g/mol. The summed E-state index contributed by atoms with van der Waals surface area (Å²) in [6.45, 7) is 6.94. The Bertz CT molecular complexity index is 370. The van der Waals surface area contributed by atoms with E-state index in [1.54, 1.807) is 18.5 Å². The van der Waals surface area contributed by atoms with E-state index >= 15 is 0 Å². The second kappa shape index (κ2) is 22.0. The van der Waals surface area contributed by atoms with Crippen LogP contribution in [-0.2, 0) is 14.4 Å². The highest BCUT2D eigenvalue weighted by Crippen LogP contribution is 2.39. The molecule has 0 aliphatic heterocycles. The summed E-state index contributed by atoms with van der Waals surface area (Å²) in [6, 6.07) is 0. The van der Waals surface area contributed by atoms with E-state index in [2.05, 4.69) is 20.8 Å². The van der Waals surface area contributed by atoms with Crippen molar-refractivity contribution < 1.29 is 29.7 Å². The summed E-state index contributed by atoms with van der Waals surface area (Å²) in [4.78, 5) is 31.1. The molecular weight excluding hydrogens is 410 g/mol. The lowest BCUT2D eigenvalue weighted by atomic mass is 10.4. The maximum atomic E-state index is 10.4. The SMILES string of the molecule is CCCCP(CCCC)CCCC.O=C(O)CCP(CCC(=O)O)CCC(=O)O. The van der Waals surface area contributed by atoms with Gasteiger partial charge in [-0.25, -0.2) is 0 Å². The van der Waals surface area contributed by atoms with Gasteiger partial charge in [0.15, 0.2) is 0 Å². The summed E-state index contributed by atoms with van der Waals surface area (Å²) in [6.07, 6.45) is 14.3. The van der Waals surface area contributed by atoms with Crippen molar-refractivity contribution in [3.05, 3.63) is 0 Å². The molecule has 0 amide bonds. The van der Waals surface area contributed by atoms with Gasteiger partial charge in [-0.15, -0.1) is 15.8 Å². The molecule has 0 saturated carbocycles. The van der Waals surface area contributed by atoms with Crippen LogP contribution < -0.4 is 0 Å². The topological polar surface area (TPSA) is 112 Å². The van der Waals surface area contributed by atoms with Crippen LogP contribution in [0, 0.1) is 0 Å². The molecule has 0 unspecified atom stereocenters. The van der Waals surface area contributed by atoms with Gasteiger partial charge < -0.3 is 15.3 Å². The zero-order valence-electron chi connectivity index (χ0n) is 18.6. The molecule has 0 radical (unpaired) electrons. The van der Waals surface area contributed by atoms with Gasteiger partial charge in [0.2, 0.25) is 0 Å². The van der Waals surface area contributed by atoms with Gasteiger partial charge in [0.05, 0.1) is 0 Å². The van der Waals surface area contributed by atoms with E-state index in [1.807, 2.05) is 0 Å². The van der Waals surface area contributed by atoms with Gasteiger partial charge in [0.1, 0.15) is 0 Å². The van der Waals surface area contributed by atoms with Gasteiger partial charge in [-0.3, -0.25) is 14.4 Å². The van der Waals surface area contributed by atoms with Gasteiger partial charge in [0, 0.05) is 19.3 Å². The Morgan fingerprint density at radius 2 is 0.759 bits per heavy atom. The van der Waals surface area contributed by atoms with Crippen LogP contribution in [0.5, 0.6) is 0 Å². The van der Waals surface area contributed by atoms with Gasteiger partial charge in [-0.1, -0.05) is 40.0 Å². The molecule has 0 aromatic carbocycles. The second-order valence-corrected chi connectivity index (χ2v) is 12.5. The van der Waals surface area contributed by atoms with Crippen LogP contribution in [-0.4, -0.2) is 70.2 Å². The average molecular weight is 453 g/mol. The fourth-order valence-corrected chi connectivity index (χ4v) is 7.73. The Labute approximate surface area is 179 Å². The molecule has 0 rings (SSSR count). The molecule has 0 aliphatic rings. The smallest absolute Gasteiger partial charge is 0.303 e. The predicted octanol–water partition coefficient (Wildman–Crippen LogP) is 5.76. The van der Waals surface area contributed by atoms with Crippen molar-refractivity contribution in [2.75, 3.05) is 37.0 Å². The van der Waals surface area contributed by atoms with Crippen molar-refractivity contribution in [3.8, 4) is 0 Å². The Balaban J connectivity index is 0. The first kappa shape index (κ1) is 30.5. The van der Waals surface area contributed by atoms with Crippen molar-refractivity contribution >= 4 is 33.8 Å². The van der Waals surface area contributed by atoms with E-state index < -0.39 is 25.8 Å². The Kier molecular flexibility index (Phi) is 23.1. The van der Waals surface area contributed by atoms with Crippen molar-refractivity contribution in [2.45, 2.75) is 78.6 Å². The summed E-state index contributed by atoms with van der Waals surface area (Å²) < 4.78 is 0. The summed E-state index contributed by atoms with van der Waals surface area (Å²) >= 11 is 0. The lowest BCUT2D eigenvalue weighted by Crippen LogP contribution is -2.07. The quantitative estimate of drug-likeness (QED) is 0.228. The fraction of sp³-hybridized carbons (Fsp3) is 0.857. The Morgan fingerprint density at radius 3 is 0.966 bits per heavy atom. The minimum Gasteiger partial charge on any atom is -0.481 e. The van der Waals surface area contributed by atoms with Crippen molar-refractivity contribution in [3.63, 3.8) is 0 Å². The van der Waals surface area contributed by atoms with Gasteiger partial charge in [-0.05, 0) is 56.2 Å². The third-order valence-corrected chi connectivity index (χ3v) is 9.82. The summed E-state index contributed by atoms with van der Waals surface area (Å²) in [7, 11) is -0.379. The zero-order valence-corrected chi connectivity index (χ0v) is 20.4. The largest absolute Gasteiger partial charge is 0.481 e. The highest BCUT2D eigenvalue weighted by Gasteiger charge is 2.13. The third kappa shape index (κ3) is 25.2. The number of carboxylic acid groups (broad SMARTS) is 3. The number of unbranched alkanes of at least 4 members (excludes halogenated alkanes) is 3. The number of aliphatic carboxylic acids is 3. The molecule has 3 N–H and O–H groups in total. The highest BCUT2D eigenvalue weighted by molar-refractivity contribution is 7.57. The van der Waals surface area contributed by atoms with E-state index in [9.17, 15) is 14.4 Å². The van der Waals surface area contributed by atoms with Crippen LogP contribution in [0.15, 0.2) is 0 Å². The molecule has 0 heterocycles. The van der Waals surface area contributed by atoms with Crippen LogP contribution in [0.1, 0.15) is 78.6 Å². The second-order valence-electron chi connectivity index (χ2n) is 7.18. The maximum Gasteiger partial charge on any atom is 0.303 e. The summed E-state index contributed by atoms with van der Waals surface area (Å²) in [5.74, 6) is -2.80. The van der Waals surface area contributed by atoms with E-state index in [0.717, 1.165) is 0 Å².